The maximum atomic E-state index is 15.1. The van der Waals surface area contributed by atoms with Gasteiger partial charge in [0.1, 0.15) is 29.7 Å². The third kappa shape index (κ3) is 5.19. The highest BCUT2D eigenvalue weighted by atomic mass is 19.1. The molecule has 0 saturated carbocycles. The van der Waals surface area contributed by atoms with Gasteiger partial charge in [-0.25, -0.2) is 9.07 Å². The number of nitrogens with zero attached hydrogens (tertiary/aromatic N) is 4. The first kappa shape index (κ1) is 24.8. The predicted molar refractivity (Wildman–Crippen MR) is 135 cm³/mol. The van der Waals surface area contributed by atoms with Gasteiger partial charge in [0.15, 0.2) is 0 Å². The molecular weight excluding hydrogens is 461 g/mol. The fourth-order valence-electron chi connectivity index (χ4n) is 3.87. The molecule has 1 aromatic heterocycles. The Balaban J connectivity index is 1.83. The van der Waals surface area contributed by atoms with Crippen LogP contribution in [0.3, 0.4) is 0 Å². The molecule has 0 fully saturated rings. The number of phenols is 1. The number of fused-ring (bicyclic) bond motifs is 1. The molecule has 4 rings (SSSR count). The summed E-state index contributed by atoms with van der Waals surface area (Å²) in [7, 11) is 0. The van der Waals surface area contributed by atoms with Crippen LogP contribution in [0.2, 0.25) is 0 Å². The van der Waals surface area contributed by atoms with E-state index in [2.05, 4.69) is 15.6 Å². The molecule has 0 aliphatic heterocycles. The zero-order valence-corrected chi connectivity index (χ0v) is 20.4. The summed E-state index contributed by atoms with van der Waals surface area (Å²) in [6.07, 6.45) is 0.639. The average Bonchev–Trinajstić information content (AvgIpc) is 3.26. The smallest absolute Gasteiger partial charge is 0.249 e. The predicted octanol–water partition coefficient (Wildman–Crippen LogP) is 4.36. The maximum absolute atomic E-state index is 15.1. The van der Waals surface area contributed by atoms with Crippen LogP contribution in [0, 0.1) is 5.82 Å². The highest BCUT2D eigenvalue weighted by Gasteiger charge is 2.36. The molecule has 8 nitrogen and oxygen atoms in total. The molecule has 0 radical (unpaired) electrons. The number of carbonyl (C=O) groups is 2. The summed E-state index contributed by atoms with van der Waals surface area (Å²) in [5.41, 5.74) is 1.04. The summed E-state index contributed by atoms with van der Waals surface area (Å²) in [4.78, 5) is 28.7. The van der Waals surface area contributed by atoms with Crippen molar-refractivity contribution in [3.63, 3.8) is 0 Å². The van der Waals surface area contributed by atoms with E-state index in [0.717, 1.165) is 4.90 Å². The number of benzene rings is 3. The highest BCUT2D eigenvalue weighted by Crippen LogP contribution is 2.32. The van der Waals surface area contributed by atoms with E-state index in [4.69, 9.17) is 0 Å². The minimum Gasteiger partial charge on any atom is -0.508 e. The first-order chi connectivity index (χ1) is 17.2. The van der Waals surface area contributed by atoms with E-state index in [0.29, 0.717) is 23.0 Å². The van der Waals surface area contributed by atoms with Crippen LogP contribution >= 0.6 is 0 Å². The minimum absolute atomic E-state index is 0.00431. The van der Waals surface area contributed by atoms with Gasteiger partial charge in [-0.2, -0.15) is 0 Å². The van der Waals surface area contributed by atoms with Gasteiger partial charge in [0.2, 0.25) is 11.8 Å². The highest BCUT2D eigenvalue weighted by molar-refractivity contribution is 6.01. The van der Waals surface area contributed by atoms with Gasteiger partial charge in [0.25, 0.3) is 0 Å². The number of rotatable bonds is 8. The monoisotopic (exact) mass is 489 g/mol. The molecule has 4 aromatic rings. The maximum Gasteiger partial charge on any atom is 0.249 e. The number of nitrogens with one attached hydrogen (secondary N) is 1. The zero-order chi connectivity index (χ0) is 25.9. The largest absolute Gasteiger partial charge is 0.508 e. The zero-order valence-electron chi connectivity index (χ0n) is 20.4. The molecule has 1 unspecified atom stereocenters. The molecule has 3 aromatic carbocycles. The minimum atomic E-state index is -1.21. The van der Waals surface area contributed by atoms with E-state index in [1.165, 1.54) is 35.0 Å². The van der Waals surface area contributed by atoms with Crippen molar-refractivity contribution in [2.24, 2.45) is 0 Å². The van der Waals surface area contributed by atoms with Crippen molar-refractivity contribution in [1.82, 2.24) is 20.3 Å². The number of anilines is 1. The van der Waals surface area contributed by atoms with Crippen LogP contribution in [-0.4, -0.2) is 37.5 Å². The molecule has 186 valence electrons. The van der Waals surface area contributed by atoms with Gasteiger partial charge in [-0.1, -0.05) is 48.5 Å². The SMILES string of the molecule is CCC(C)(C)NC(=O)C(c1ccc(O)cc1)N(C(=O)Cn1nnc2ccccc21)c1ccccc1F. The summed E-state index contributed by atoms with van der Waals surface area (Å²) in [5, 5.41) is 21.0. The van der Waals surface area contributed by atoms with Gasteiger partial charge in [0, 0.05) is 5.54 Å². The molecule has 0 aliphatic rings. The molecule has 0 spiro atoms. The summed E-state index contributed by atoms with van der Waals surface area (Å²) < 4.78 is 16.6. The van der Waals surface area contributed by atoms with E-state index < -0.39 is 29.2 Å². The van der Waals surface area contributed by atoms with Crippen LogP contribution in [0.4, 0.5) is 10.1 Å². The number of hydrogen-bond donors (Lipinski definition) is 2. The van der Waals surface area contributed by atoms with Crippen molar-refractivity contribution in [1.29, 1.82) is 0 Å². The van der Waals surface area contributed by atoms with Gasteiger partial charge in [-0.15, -0.1) is 5.10 Å². The molecule has 0 aliphatic carbocycles. The van der Waals surface area contributed by atoms with Crippen molar-refractivity contribution in [3.8, 4) is 5.75 Å². The van der Waals surface area contributed by atoms with Crippen LogP contribution in [0.1, 0.15) is 38.8 Å². The summed E-state index contributed by atoms with van der Waals surface area (Å²) in [6.45, 7) is 5.41. The lowest BCUT2D eigenvalue weighted by Gasteiger charge is -2.34. The number of para-hydroxylation sites is 2. The second-order valence-electron chi connectivity index (χ2n) is 9.17. The van der Waals surface area contributed by atoms with Crippen molar-refractivity contribution >= 4 is 28.5 Å². The van der Waals surface area contributed by atoms with Crippen LogP contribution in [0.15, 0.2) is 72.8 Å². The fraction of sp³-hybridized carbons (Fsp3) is 0.259. The number of aromatic nitrogens is 3. The summed E-state index contributed by atoms with van der Waals surface area (Å²) in [5.74, 6) is -1.68. The second kappa shape index (κ2) is 10.2. The summed E-state index contributed by atoms with van der Waals surface area (Å²) in [6, 6.07) is 17.7. The summed E-state index contributed by atoms with van der Waals surface area (Å²) >= 11 is 0. The van der Waals surface area contributed by atoms with Crippen molar-refractivity contribution in [2.75, 3.05) is 4.90 Å². The molecule has 36 heavy (non-hydrogen) atoms. The Labute approximate surface area is 208 Å². The number of carbonyl (C=O) groups excluding carboxylic acids is 2. The number of halogens is 1. The van der Waals surface area contributed by atoms with Gasteiger partial charge in [0.05, 0.1) is 11.2 Å². The number of aromatic hydroxyl groups is 1. The van der Waals surface area contributed by atoms with E-state index in [1.807, 2.05) is 26.8 Å². The van der Waals surface area contributed by atoms with Crippen LogP contribution in [0.5, 0.6) is 5.75 Å². The third-order valence-electron chi connectivity index (χ3n) is 6.15. The second-order valence-corrected chi connectivity index (χ2v) is 9.17. The lowest BCUT2D eigenvalue weighted by Crippen LogP contribution is -2.51. The van der Waals surface area contributed by atoms with E-state index in [1.54, 1.807) is 36.4 Å². The molecule has 2 N–H and O–H groups in total. The Morgan fingerprint density at radius 1 is 1.06 bits per heavy atom. The van der Waals surface area contributed by atoms with Crippen LogP contribution in [-0.2, 0) is 16.1 Å². The Kier molecular flexibility index (Phi) is 7.00. The first-order valence-electron chi connectivity index (χ1n) is 11.7. The Bertz CT molecular complexity index is 1380. The van der Waals surface area contributed by atoms with E-state index in [-0.39, 0.29) is 18.0 Å². The average molecular weight is 490 g/mol. The van der Waals surface area contributed by atoms with Gasteiger partial charge in [-0.3, -0.25) is 14.5 Å². The van der Waals surface area contributed by atoms with Crippen LogP contribution in [0.25, 0.3) is 11.0 Å². The topological polar surface area (TPSA) is 100 Å². The first-order valence-corrected chi connectivity index (χ1v) is 11.7. The molecule has 0 bridgehead atoms. The van der Waals surface area contributed by atoms with Gasteiger partial charge in [-0.05, 0) is 62.2 Å². The van der Waals surface area contributed by atoms with Gasteiger partial charge < -0.3 is 10.4 Å². The number of phenolic OH excluding ortho intramolecular Hbond substituents is 1. The van der Waals surface area contributed by atoms with Crippen molar-refractivity contribution < 1.29 is 19.1 Å². The standard InChI is InChI=1S/C27H28FN5O3/c1-4-27(2,3)29-26(36)25(18-13-15-19(34)16-14-18)33(22-11-7-5-9-20(22)28)24(35)17-32-23-12-8-6-10-21(23)30-31-32/h5-16,25,34H,4,17H2,1-3H3,(H,29,36). The quantitative estimate of drug-likeness (QED) is 0.383. The van der Waals surface area contributed by atoms with Crippen molar-refractivity contribution in [3.05, 3.63) is 84.2 Å². The molecule has 1 atom stereocenters. The Morgan fingerprint density at radius 3 is 2.42 bits per heavy atom. The third-order valence-corrected chi connectivity index (χ3v) is 6.15. The van der Waals surface area contributed by atoms with Crippen LogP contribution < -0.4 is 10.2 Å². The fourth-order valence-corrected chi connectivity index (χ4v) is 3.87. The molecule has 2 amide bonds. The molecular formula is C27H28FN5O3. The normalized spacial score (nSPS) is 12.3. The molecule has 0 saturated heterocycles. The van der Waals surface area contributed by atoms with E-state index >= 15 is 4.39 Å². The van der Waals surface area contributed by atoms with E-state index in [9.17, 15) is 14.7 Å². The molecule has 9 heteroatoms. The Hall–Kier alpha value is -4.27. The van der Waals surface area contributed by atoms with Gasteiger partial charge >= 0.3 is 0 Å². The van der Waals surface area contributed by atoms with Crippen molar-refractivity contribution in [2.45, 2.75) is 45.3 Å². The number of hydrogen-bond acceptors (Lipinski definition) is 5. The molecule has 1 heterocycles. The lowest BCUT2D eigenvalue weighted by molar-refractivity contribution is -0.128. The number of amides is 2. The Morgan fingerprint density at radius 2 is 1.72 bits per heavy atom. The lowest BCUT2D eigenvalue weighted by atomic mass is 9.98.